The normalized spacial score (nSPS) is 13.3. The first-order chi connectivity index (χ1) is 41.0. The van der Waals surface area contributed by atoms with Gasteiger partial charge in [0.15, 0.2) is 0 Å². The molecule has 0 bridgehead atoms. The fourth-order valence-electron chi connectivity index (χ4n) is 13.1. The summed E-state index contributed by atoms with van der Waals surface area (Å²) in [6.07, 6.45) is 89.9. The molecule has 498 valence electrons. The van der Waals surface area contributed by atoms with Crippen LogP contribution >= 0.6 is 0 Å². The molecule has 0 aliphatic carbocycles. The molecule has 0 radical (unpaired) electrons. The molecule has 0 aromatic carbocycles. The molecule has 0 aliphatic heterocycles. The maximum Gasteiger partial charge on any atom is 0.249 e. The highest BCUT2D eigenvalue weighted by molar-refractivity contribution is 5.80. The Bertz CT molecular complexity index is 1180. The van der Waals surface area contributed by atoms with E-state index in [2.05, 4.69) is 19.2 Å². The second kappa shape index (κ2) is 72.1. The first-order valence-electron chi connectivity index (χ1n) is 38.9. The molecule has 0 spiro atoms. The highest BCUT2D eigenvalue weighted by Crippen LogP contribution is 2.21. The van der Waals surface area contributed by atoms with Crippen LogP contribution in [0.2, 0.25) is 0 Å². The minimum atomic E-state index is -1.26. The quantitative estimate of drug-likeness (QED) is 0.0390. The maximum atomic E-state index is 12.7. The van der Waals surface area contributed by atoms with Crippen molar-refractivity contribution in [2.45, 2.75) is 481 Å². The van der Waals surface area contributed by atoms with E-state index in [4.69, 9.17) is 0 Å². The van der Waals surface area contributed by atoms with Crippen molar-refractivity contribution < 1.29 is 25.2 Å². The van der Waals surface area contributed by atoms with Gasteiger partial charge in [-0.15, -0.1) is 0 Å². The Morgan fingerprint density at radius 3 is 0.578 bits per heavy atom. The van der Waals surface area contributed by atoms with Gasteiger partial charge in [0, 0.05) is 0 Å². The average Bonchev–Trinajstić information content (AvgIpc) is 3.54. The van der Waals surface area contributed by atoms with Crippen molar-refractivity contribution in [2.24, 2.45) is 0 Å². The molecule has 0 aromatic rings. The van der Waals surface area contributed by atoms with Crippen LogP contribution in [0.15, 0.2) is 0 Å². The van der Waals surface area contributed by atoms with E-state index in [-0.39, 0.29) is 0 Å². The zero-order valence-corrected chi connectivity index (χ0v) is 57.0. The Kier molecular flexibility index (Phi) is 71.5. The minimum absolute atomic E-state index is 0.377. The molecule has 83 heavy (non-hydrogen) atoms. The van der Waals surface area contributed by atoms with Gasteiger partial charge < -0.3 is 25.7 Å². The first kappa shape index (κ1) is 82.3. The van der Waals surface area contributed by atoms with Crippen LogP contribution in [-0.2, 0) is 4.79 Å². The summed E-state index contributed by atoms with van der Waals surface area (Å²) in [5.41, 5.74) is 0. The second-order valence-corrected chi connectivity index (χ2v) is 27.4. The fourth-order valence-corrected chi connectivity index (χ4v) is 13.1. The Labute approximate surface area is 521 Å². The van der Waals surface area contributed by atoms with Crippen LogP contribution < -0.4 is 5.32 Å². The minimum Gasteiger partial charge on any atom is -0.394 e. The molecule has 6 heteroatoms. The van der Waals surface area contributed by atoms with Gasteiger partial charge in [-0.05, 0) is 12.8 Å². The number of carbonyl (C=O) groups is 1. The van der Waals surface area contributed by atoms with Gasteiger partial charge in [-0.1, -0.05) is 444 Å². The van der Waals surface area contributed by atoms with Crippen molar-refractivity contribution >= 4 is 5.91 Å². The van der Waals surface area contributed by atoms with Crippen molar-refractivity contribution in [3.8, 4) is 0 Å². The lowest BCUT2D eigenvalue weighted by molar-refractivity contribution is -0.132. The van der Waals surface area contributed by atoms with Crippen LogP contribution in [0.4, 0.5) is 0 Å². The van der Waals surface area contributed by atoms with Gasteiger partial charge in [-0.3, -0.25) is 4.79 Å². The van der Waals surface area contributed by atoms with Crippen molar-refractivity contribution in [1.82, 2.24) is 5.32 Å². The largest absolute Gasteiger partial charge is 0.394 e. The Balaban J connectivity index is 3.46. The van der Waals surface area contributed by atoms with Gasteiger partial charge in [-0.2, -0.15) is 0 Å². The smallest absolute Gasteiger partial charge is 0.249 e. The number of nitrogens with one attached hydrogen (secondary N) is 1. The molecule has 0 aromatic heterocycles. The van der Waals surface area contributed by atoms with Crippen LogP contribution in [0, 0.1) is 0 Å². The van der Waals surface area contributed by atoms with Gasteiger partial charge in [0.1, 0.15) is 12.2 Å². The summed E-state index contributed by atoms with van der Waals surface area (Å²) in [6, 6.07) is -0.983. The highest BCUT2D eigenvalue weighted by atomic mass is 16.3. The molecule has 0 fully saturated rings. The zero-order valence-electron chi connectivity index (χ0n) is 57.0. The molecule has 6 nitrogen and oxygen atoms in total. The number of aliphatic hydroxyl groups excluding tert-OH is 4. The summed E-state index contributed by atoms with van der Waals surface area (Å²) in [7, 11) is 0. The summed E-state index contributed by atoms with van der Waals surface area (Å²) in [5.74, 6) is -0.572. The van der Waals surface area contributed by atoms with Gasteiger partial charge in [0.2, 0.25) is 5.91 Å². The fraction of sp³-hybridized carbons (Fsp3) is 0.987. The Morgan fingerprint density at radius 1 is 0.253 bits per heavy atom. The van der Waals surface area contributed by atoms with E-state index in [0.717, 1.165) is 38.5 Å². The summed E-state index contributed by atoms with van der Waals surface area (Å²) in [6.45, 7) is 4.13. The number of unbranched alkanes of at least 4 members (excludes halogenated alkanes) is 65. The summed E-state index contributed by atoms with van der Waals surface area (Å²) in [5, 5.41) is 44.4. The van der Waals surface area contributed by atoms with Crippen LogP contribution in [0.3, 0.4) is 0 Å². The van der Waals surface area contributed by atoms with E-state index >= 15 is 0 Å². The number of aliphatic hydroxyl groups is 4. The third kappa shape index (κ3) is 65.6. The molecular formula is C77H155NO5. The molecule has 5 N–H and O–H groups in total. The van der Waals surface area contributed by atoms with Crippen molar-refractivity contribution in [2.75, 3.05) is 6.61 Å². The lowest BCUT2D eigenvalue weighted by Crippen LogP contribution is -2.53. The van der Waals surface area contributed by atoms with Gasteiger partial charge >= 0.3 is 0 Å². The summed E-state index contributed by atoms with van der Waals surface area (Å²) in [4.78, 5) is 12.7. The molecular weight excluding hydrogens is 1020 g/mol. The predicted octanol–water partition coefficient (Wildman–Crippen LogP) is 24.5. The van der Waals surface area contributed by atoms with Crippen LogP contribution in [-0.4, -0.2) is 57.3 Å². The van der Waals surface area contributed by atoms with Gasteiger partial charge in [0.05, 0.1) is 18.8 Å². The van der Waals surface area contributed by atoms with E-state index in [9.17, 15) is 25.2 Å². The third-order valence-corrected chi connectivity index (χ3v) is 19.1. The summed E-state index contributed by atoms with van der Waals surface area (Å²) < 4.78 is 0. The van der Waals surface area contributed by atoms with Crippen molar-refractivity contribution in [3.63, 3.8) is 0 Å². The van der Waals surface area contributed by atoms with E-state index in [1.54, 1.807) is 0 Å². The first-order valence-corrected chi connectivity index (χ1v) is 38.9. The SMILES string of the molecule is CCCCCCCCCCCCCCCCCCCCCCCCCCCCCCCCCCCCCCCCC(O)C(=O)NC(CO)C(O)C(O)CCCCCCCCCCCCCCCCCCCCCCCCCCCCCCC. The third-order valence-electron chi connectivity index (χ3n) is 19.1. The second-order valence-electron chi connectivity index (χ2n) is 27.4. The Hall–Kier alpha value is -0.690. The van der Waals surface area contributed by atoms with Crippen molar-refractivity contribution in [3.05, 3.63) is 0 Å². The molecule has 0 rings (SSSR count). The number of hydrogen-bond donors (Lipinski definition) is 5. The predicted molar refractivity (Wildman–Crippen MR) is 367 cm³/mol. The van der Waals surface area contributed by atoms with Gasteiger partial charge in [-0.25, -0.2) is 0 Å². The number of hydrogen-bond acceptors (Lipinski definition) is 5. The average molecular weight is 1180 g/mol. The van der Waals surface area contributed by atoms with E-state index in [1.165, 1.54) is 392 Å². The molecule has 0 saturated heterocycles. The highest BCUT2D eigenvalue weighted by Gasteiger charge is 2.29. The lowest BCUT2D eigenvalue weighted by Gasteiger charge is -2.27. The van der Waals surface area contributed by atoms with E-state index in [1.807, 2.05) is 0 Å². The lowest BCUT2D eigenvalue weighted by atomic mass is 9.99. The van der Waals surface area contributed by atoms with Gasteiger partial charge in [0.25, 0.3) is 0 Å². The summed E-state index contributed by atoms with van der Waals surface area (Å²) >= 11 is 0. The monoisotopic (exact) mass is 1170 g/mol. The number of carbonyl (C=O) groups excluding carboxylic acids is 1. The van der Waals surface area contributed by atoms with E-state index in [0.29, 0.717) is 12.8 Å². The van der Waals surface area contributed by atoms with Crippen molar-refractivity contribution in [1.29, 1.82) is 0 Å². The number of amides is 1. The molecule has 0 aliphatic rings. The topological polar surface area (TPSA) is 110 Å². The standard InChI is InChI=1S/C77H155NO5/c1-3-5-7-9-11-13-15-17-19-21-23-25-27-29-31-33-34-35-36-37-38-39-40-41-43-45-47-49-51-53-55-57-59-61-63-65-67-69-71-75(81)77(83)78-73(72-79)76(82)74(80)70-68-66-64-62-60-58-56-54-52-50-48-46-44-42-32-30-28-26-24-22-20-18-16-14-12-10-8-6-4-2/h73-76,79-82H,3-72H2,1-2H3,(H,78,83). The van der Waals surface area contributed by atoms with Crippen LogP contribution in [0.1, 0.15) is 457 Å². The molecule has 1 amide bonds. The molecule has 0 heterocycles. The molecule has 4 atom stereocenters. The Morgan fingerprint density at radius 2 is 0.410 bits per heavy atom. The molecule has 4 unspecified atom stereocenters. The zero-order chi connectivity index (χ0) is 60.1. The van der Waals surface area contributed by atoms with E-state index < -0.39 is 36.9 Å². The maximum absolute atomic E-state index is 12.7. The van der Waals surface area contributed by atoms with Crippen LogP contribution in [0.5, 0.6) is 0 Å². The molecule has 0 saturated carbocycles. The van der Waals surface area contributed by atoms with Crippen LogP contribution in [0.25, 0.3) is 0 Å². The number of rotatable bonds is 74.